The highest BCUT2D eigenvalue weighted by Crippen LogP contribution is 2.13. The molecule has 2 N–H and O–H groups in total. The second-order valence-electron chi connectivity index (χ2n) is 4.30. The third-order valence-corrected chi connectivity index (χ3v) is 3.25. The van der Waals surface area contributed by atoms with E-state index < -0.39 is 12.0 Å². The highest BCUT2D eigenvalue weighted by Gasteiger charge is 2.18. The summed E-state index contributed by atoms with van der Waals surface area (Å²) in [6, 6.07) is 16.5. The SMILES string of the molecule is O=C(O)C(NCc1ccc(P)cc1)c1ccccc1. The lowest BCUT2D eigenvalue weighted by Crippen LogP contribution is -2.28. The van der Waals surface area contributed by atoms with E-state index in [1.165, 1.54) is 0 Å². The van der Waals surface area contributed by atoms with Gasteiger partial charge in [0.2, 0.25) is 0 Å². The standard InChI is InChI=1S/C15H16NO2P/c17-15(18)14(12-4-2-1-3-5-12)16-10-11-6-8-13(19)9-7-11/h1-9,14,16H,10,19H2,(H,17,18). The molecule has 98 valence electrons. The molecule has 0 saturated heterocycles. The van der Waals surface area contributed by atoms with Crippen molar-refractivity contribution in [2.24, 2.45) is 0 Å². The first kappa shape index (κ1) is 13.7. The fraction of sp³-hybridized carbons (Fsp3) is 0.133. The molecular weight excluding hydrogens is 257 g/mol. The first-order valence-corrected chi connectivity index (χ1v) is 6.60. The van der Waals surface area contributed by atoms with E-state index in [0.717, 1.165) is 16.4 Å². The van der Waals surface area contributed by atoms with Crippen LogP contribution in [0.5, 0.6) is 0 Å². The van der Waals surface area contributed by atoms with E-state index in [0.29, 0.717) is 6.54 Å². The van der Waals surface area contributed by atoms with Gasteiger partial charge in [-0.1, -0.05) is 54.6 Å². The van der Waals surface area contributed by atoms with Gasteiger partial charge in [0.15, 0.2) is 0 Å². The Kier molecular flexibility index (Phi) is 4.67. The summed E-state index contributed by atoms with van der Waals surface area (Å²) >= 11 is 0. The minimum Gasteiger partial charge on any atom is -0.480 e. The average Bonchev–Trinajstić information content (AvgIpc) is 2.42. The van der Waals surface area contributed by atoms with Crippen LogP contribution in [0.1, 0.15) is 17.2 Å². The topological polar surface area (TPSA) is 49.3 Å². The van der Waals surface area contributed by atoms with Gasteiger partial charge in [-0.05, 0) is 16.4 Å². The van der Waals surface area contributed by atoms with Gasteiger partial charge in [-0.25, -0.2) is 0 Å². The van der Waals surface area contributed by atoms with Crippen LogP contribution in [0.3, 0.4) is 0 Å². The minimum atomic E-state index is -0.867. The van der Waals surface area contributed by atoms with Crippen LogP contribution in [-0.4, -0.2) is 11.1 Å². The molecule has 0 heterocycles. The molecule has 19 heavy (non-hydrogen) atoms. The van der Waals surface area contributed by atoms with E-state index >= 15 is 0 Å². The average molecular weight is 273 g/mol. The third kappa shape index (κ3) is 3.88. The summed E-state index contributed by atoms with van der Waals surface area (Å²) in [5, 5.41) is 13.5. The van der Waals surface area contributed by atoms with Crippen molar-refractivity contribution in [1.82, 2.24) is 5.32 Å². The molecule has 2 atom stereocenters. The summed E-state index contributed by atoms with van der Waals surface area (Å²) in [5.74, 6) is -0.867. The Hall–Kier alpha value is -1.70. The molecule has 0 aromatic heterocycles. The van der Waals surface area contributed by atoms with Gasteiger partial charge in [0.25, 0.3) is 0 Å². The number of hydrogen-bond acceptors (Lipinski definition) is 2. The van der Waals surface area contributed by atoms with E-state index in [4.69, 9.17) is 0 Å². The summed E-state index contributed by atoms with van der Waals surface area (Å²) in [6.07, 6.45) is 0. The fourth-order valence-electron chi connectivity index (χ4n) is 1.85. The molecule has 0 fully saturated rings. The second kappa shape index (κ2) is 6.46. The molecule has 2 rings (SSSR count). The molecule has 0 bridgehead atoms. The maximum absolute atomic E-state index is 11.3. The summed E-state index contributed by atoms with van der Waals surface area (Å²) in [7, 11) is 2.63. The molecule has 4 heteroatoms. The Bertz CT molecular complexity index is 540. The van der Waals surface area contributed by atoms with Crippen LogP contribution in [-0.2, 0) is 11.3 Å². The maximum atomic E-state index is 11.3. The van der Waals surface area contributed by atoms with E-state index in [-0.39, 0.29) is 0 Å². The second-order valence-corrected chi connectivity index (χ2v) is 4.97. The molecule has 0 saturated carbocycles. The summed E-state index contributed by atoms with van der Waals surface area (Å²) in [4.78, 5) is 11.3. The van der Waals surface area contributed by atoms with Crippen LogP contribution in [0.4, 0.5) is 0 Å². The molecular formula is C15H16NO2P. The molecule has 3 nitrogen and oxygen atoms in total. The molecule has 0 aliphatic heterocycles. The van der Waals surface area contributed by atoms with Gasteiger partial charge < -0.3 is 5.11 Å². The van der Waals surface area contributed by atoms with Crippen molar-refractivity contribution in [2.75, 3.05) is 0 Å². The highest BCUT2D eigenvalue weighted by molar-refractivity contribution is 7.27. The summed E-state index contributed by atoms with van der Waals surface area (Å²) < 4.78 is 0. The number of hydrogen-bond donors (Lipinski definition) is 2. The predicted octanol–water partition coefficient (Wildman–Crippen LogP) is 2.10. The minimum absolute atomic E-state index is 0.525. The van der Waals surface area contributed by atoms with Crippen LogP contribution in [0.15, 0.2) is 54.6 Å². The Morgan fingerprint density at radius 2 is 1.74 bits per heavy atom. The van der Waals surface area contributed by atoms with Crippen molar-refractivity contribution < 1.29 is 9.90 Å². The van der Waals surface area contributed by atoms with Gasteiger partial charge in [-0.15, -0.1) is 9.24 Å². The Morgan fingerprint density at radius 3 is 2.32 bits per heavy atom. The van der Waals surface area contributed by atoms with Crippen molar-refractivity contribution in [3.8, 4) is 0 Å². The summed E-state index contributed by atoms with van der Waals surface area (Å²) in [5.41, 5.74) is 1.83. The number of carbonyl (C=O) groups is 1. The first-order chi connectivity index (χ1) is 9.16. The monoisotopic (exact) mass is 273 g/mol. The van der Waals surface area contributed by atoms with Crippen molar-refractivity contribution in [3.63, 3.8) is 0 Å². The number of benzene rings is 2. The zero-order valence-electron chi connectivity index (χ0n) is 10.4. The third-order valence-electron chi connectivity index (χ3n) is 2.87. The fourth-order valence-corrected chi connectivity index (χ4v) is 2.04. The molecule has 0 amide bonds. The number of rotatable bonds is 5. The largest absolute Gasteiger partial charge is 0.480 e. The Labute approximate surface area is 114 Å². The van der Waals surface area contributed by atoms with E-state index in [1.807, 2.05) is 54.6 Å². The smallest absolute Gasteiger partial charge is 0.325 e. The molecule has 0 aliphatic carbocycles. The molecule has 2 aromatic carbocycles. The zero-order valence-corrected chi connectivity index (χ0v) is 11.6. The quantitative estimate of drug-likeness (QED) is 0.820. The van der Waals surface area contributed by atoms with Crippen LogP contribution >= 0.6 is 9.24 Å². The Morgan fingerprint density at radius 1 is 1.11 bits per heavy atom. The number of carboxylic acid groups (broad SMARTS) is 1. The predicted molar refractivity (Wildman–Crippen MR) is 79.4 cm³/mol. The summed E-state index contributed by atoms with van der Waals surface area (Å²) in [6.45, 7) is 0.525. The number of aliphatic carboxylic acids is 1. The maximum Gasteiger partial charge on any atom is 0.325 e. The zero-order chi connectivity index (χ0) is 13.7. The molecule has 2 unspecified atom stereocenters. The van der Waals surface area contributed by atoms with Crippen LogP contribution in [0.2, 0.25) is 0 Å². The van der Waals surface area contributed by atoms with Gasteiger partial charge >= 0.3 is 5.97 Å². The lowest BCUT2D eigenvalue weighted by molar-refractivity contribution is -0.139. The van der Waals surface area contributed by atoms with Crippen molar-refractivity contribution >= 4 is 20.5 Å². The van der Waals surface area contributed by atoms with Crippen LogP contribution < -0.4 is 10.6 Å². The number of nitrogens with one attached hydrogen (secondary N) is 1. The first-order valence-electron chi connectivity index (χ1n) is 6.02. The van der Waals surface area contributed by atoms with Crippen LogP contribution in [0, 0.1) is 0 Å². The van der Waals surface area contributed by atoms with E-state index in [1.54, 1.807) is 0 Å². The normalized spacial score (nSPS) is 12.1. The molecule has 2 aromatic rings. The van der Waals surface area contributed by atoms with Crippen molar-refractivity contribution in [1.29, 1.82) is 0 Å². The Balaban J connectivity index is 2.06. The molecule has 0 aliphatic rings. The van der Waals surface area contributed by atoms with Crippen LogP contribution in [0.25, 0.3) is 0 Å². The van der Waals surface area contributed by atoms with Crippen molar-refractivity contribution in [2.45, 2.75) is 12.6 Å². The highest BCUT2D eigenvalue weighted by atomic mass is 31.0. The van der Waals surface area contributed by atoms with Gasteiger partial charge in [-0.3, -0.25) is 10.1 Å². The van der Waals surface area contributed by atoms with E-state index in [9.17, 15) is 9.90 Å². The van der Waals surface area contributed by atoms with Gasteiger partial charge in [-0.2, -0.15) is 0 Å². The molecule has 0 spiro atoms. The number of carboxylic acids is 1. The van der Waals surface area contributed by atoms with Gasteiger partial charge in [0.1, 0.15) is 6.04 Å². The van der Waals surface area contributed by atoms with E-state index in [2.05, 4.69) is 14.6 Å². The lowest BCUT2D eigenvalue weighted by atomic mass is 10.1. The van der Waals surface area contributed by atoms with Crippen molar-refractivity contribution in [3.05, 3.63) is 65.7 Å². The molecule has 0 radical (unpaired) electrons. The lowest BCUT2D eigenvalue weighted by Gasteiger charge is -2.15. The van der Waals surface area contributed by atoms with Gasteiger partial charge in [0, 0.05) is 6.54 Å². The van der Waals surface area contributed by atoms with Gasteiger partial charge in [0.05, 0.1) is 0 Å².